The molecule has 0 radical (unpaired) electrons. The summed E-state index contributed by atoms with van der Waals surface area (Å²) in [5.41, 5.74) is 0. The van der Waals surface area contributed by atoms with Crippen LogP contribution in [0.3, 0.4) is 0 Å². The van der Waals surface area contributed by atoms with E-state index in [1.807, 2.05) is 23.5 Å². The number of hydrogen-bond donors (Lipinski definition) is 0. The third kappa shape index (κ3) is 2.89. The highest BCUT2D eigenvalue weighted by Crippen LogP contribution is 2.37. The average Bonchev–Trinajstić information content (AvgIpc) is 2.19. The quantitative estimate of drug-likeness (QED) is 0.817. The average molecular weight is 287 g/mol. The van der Waals surface area contributed by atoms with E-state index in [9.17, 15) is 0 Å². The van der Waals surface area contributed by atoms with Gasteiger partial charge in [0.15, 0.2) is 0 Å². The van der Waals surface area contributed by atoms with Crippen molar-refractivity contribution in [2.45, 2.75) is 20.3 Å². The largest absolute Gasteiger partial charge is 0.160 e. The lowest BCUT2D eigenvalue weighted by molar-refractivity contribution is 1.08. The van der Waals surface area contributed by atoms with Gasteiger partial charge in [-0.1, -0.05) is 0 Å². The maximum atomic E-state index is 2.29. The van der Waals surface area contributed by atoms with Crippen molar-refractivity contribution < 1.29 is 0 Å². The minimum atomic E-state index is 0.867. The third-order valence-electron chi connectivity index (χ3n) is 2.64. The lowest BCUT2D eigenvalue weighted by Crippen LogP contribution is -2.20. The molecule has 0 bridgehead atoms. The Hall–Kier alpha value is 0.620. The molecular formula is C12H14S4. The Morgan fingerprint density at radius 2 is 1.12 bits per heavy atom. The van der Waals surface area contributed by atoms with Crippen LogP contribution in [0, 0.1) is 0 Å². The number of benzene rings is 1. The molecule has 0 saturated carbocycles. The van der Waals surface area contributed by atoms with Crippen LogP contribution in [0.15, 0.2) is 34.1 Å². The Labute approximate surface area is 114 Å². The summed E-state index contributed by atoms with van der Waals surface area (Å²) in [4.78, 5) is 2.88. The molecule has 2 aliphatic rings. The van der Waals surface area contributed by atoms with Gasteiger partial charge in [0.25, 0.3) is 0 Å². The standard InChI is InChI=1S/C12H14S4/c1-2-10(16-12-7-14-8-12)4-3-9(1)15-11-5-13-6-11/h1-4,11-12H,5-8H2. The van der Waals surface area contributed by atoms with Crippen LogP contribution in [0.4, 0.5) is 0 Å². The zero-order valence-corrected chi connectivity index (χ0v) is 12.2. The zero-order valence-electron chi connectivity index (χ0n) is 8.93. The fourth-order valence-electron chi connectivity index (χ4n) is 1.55. The maximum absolute atomic E-state index is 2.29. The minimum absolute atomic E-state index is 0.867. The number of hydrogen-bond acceptors (Lipinski definition) is 4. The van der Waals surface area contributed by atoms with Crippen LogP contribution >= 0.6 is 47.0 Å². The first-order chi connectivity index (χ1) is 7.90. The Kier molecular flexibility index (Phi) is 4.03. The predicted octanol–water partition coefficient (Wildman–Crippen LogP) is 4.10. The van der Waals surface area contributed by atoms with E-state index in [0.717, 1.165) is 10.5 Å². The molecule has 1 aromatic rings. The molecule has 2 heterocycles. The second kappa shape index (κ2) is 5.51. The lowest BCUT2D eigenvalue weighted by atomic mass is 10.4. The molecule has 3 rings (SSSR count). The molecule has 0 spiro atoms. The topological polar surface area (TPSA) is 0 Å². The minimum Gasteiger partial charge on any atom is -0.160 e. The van der Waals surface area contributed by atoms with E-state index in [2.05, 4.69) is 47.8 Å². The molecule has 0 unspecified atom stereocenters. The van der Waals surface area contributed by atoms with Gasteiger partial charge >= 0.3 is 0 Å². The summed E-state index contributed by atoms with van der Waals surface area (Å²) in [7, 11) is 0. The number of thioether (sulfide) groups is 4. The second-order valence-electron chi connectivity index (χ2n) is 4.03. The van der Waals surface area contributed by atoms with Gasteiger partial charge < -0.3 is 0 Å². The van der Waals surface area contributed by atoms with Crippen LogP contribution in [0.2, 0.25) is 0 Å². The summed E-state index contributed by atoms with van der Waals surface area (Å²) in [5, 5.41) is 1.73. The van der Waals surface area contributed by atoms with Crippen LogP contribution in [0.25, 0.3) is 0 Å². The van der Waals surface area contributed by atoms with Gasteiger partial charge in [-0.25, -0.2) is 0 Å². The van der Waals surface area contributed by atoms with Crippen LogP contribution < -0.4 is 0 Å². The normalized spacial score (nSPS) is 21.5. The van der Waals surface area contributed by atoms with Crippen molar-refractivity contribution in [3.63, 3.8) is 0 Å². The van der Waals surface area contributed by atoms with Crippen molar-refractivity contribution >= 4 is 47.0 Å². The molecule has 0 N–H and O–H groups in total. The van der Waals surface area contributed by atoms with Crippen LogP contribution in [0.5, 0.6) is 0 Å². The Bertz CT molecular complexity index is 306. The van der Waals surface area contributed by atoms with Gasteiger partial charge in [0.2, 0.25) is 0 Å². The highest BCUT2D eigenvalue weighted by atomic mass is 32.2. The molecule has 0 atom stereocenters. The molecule has 1 aromatic carbocycles. The van der Waals surface area contributed by atoms with Crippen LogP contribution in [-0.2, 0) is 0 Å². The first-order valence-electron chi connectivity index (χ1n) is 5.49. The van der Waals surface area contributed by atoms with Gasteiger partial charge in [-0.3, -0.25) is 0 Å². The highest BCUT2D eigenvalue weighted by Gasteiger charge is 2.20. The van der Waals surface area contributed by atoms with Gasteiger partial charge in [-0.05, 0) is 24.3 Å². The Morgan fingerprint density at radius 3 is 1.38 bits per heavy atom. The van der Waals surface area contributed by atoms with Crippen molar-refractivity contribution in [3.8, 4) is 0 Å². The molecule has 2 aliphatic heterocycles. The van der Waals surface area contributed by atoms with Crippen molar-refractivity contribution in [2.75, 3.05) is 23.0 Å². The van der Waals surface area contributed by atoms with Gasteiger partial charge in [0.1, 0.15) is 0 Å². The van der Waals surface area contributed by atoms with E-state index in [0.29, 0.717) is 0 Å². The van der Waals surface area contributed by atoms with Gasteiger partial charge in [-0.15, -0.1) is 23.5 Å². The van der Waals surface area contributed by atoms with E-state index in [1.165, 1.54) is 32.8 Å². The van der Waals surface area contributed by atoms with E-state index >= 15 is 0 Å². The zero-order chi connectivity index (χ0) is 10.8. The van der Waals surface area contributed by atoms with Crippen molar-refractivity contribution in [1.29, 1.82) is 0 Å². The molecule has 2 saturated heterocycles. The van der Waals surface area contributed by atoms with Crippen molar-refractivity contribution in [3.05, 3.63) is 24.3 Å². The second-order valence-corrected chi connectivity index (χ2v) is 8.92. The third-order valence-corrected chi connectivity index (χ3v) is 8.46. The van der Waals surface area contributed by atoms with Crippen molar-refractivity contribution in [1.82, 2.24) is 0 Å². The summed E-state index contributed by atoms with van der Waals surface area (Å²) in [5.74, 6) is 5.34. The summed E-state index contributed by atoms with van der Waals surface area (Å²) in [6.45, 7) is 0. The van der Waals surface area contributed by atoms with Gasteiger partial charge in [0, 0.05) is 43.3 Å². The molecule has 0 aliphatic carbocycles. The van der Waals surface area contributed by atoms with Gasteiger partial charge in [-0.2, -0.15) is 23.5 Å². The SMILES string of the molecule is c1cc(SC2CSC2)ccc1SC1CSC1. The fourth-order valence-corrected chi connectivity index (χ4v) is 6.00. The van der Waals surface area contributed by atoms with Crippen molar-refractivity contribution in [2.24, 2.45) is 0 Å². The molecule has 16 heavy (non-hydrogen) atoms. The van der Waals surface area contributed by atoms with E-state index in [-0.39, 0.29) is 0 Å². The van der Waals surface area contributed by atoms with E-state index in [1.54, 1.807) is 0 Å². The maximum Gasteiger partial charge on any atom is 0.0276 e. The molecule has 0 nitrogen and oxygen atoms in total. The molecule has 2 fully saturated rings. The molecule has 0 amide bonds. The Balaban J connectivity index is 1.55. The lowest BCUT2D eigenvalue weighted by Gasteiger charge is -2.25. The van der Waals surface area contributed by atoms with Gasteiger partial charge in [0.05, 0.1) is 0 Å². The summed E-state index contributed by atoms with van der Waals surface area (Å²) < 4.78 is 0. The fraction of sp³-hybridized carbons (Fsp3) is 0.500. The smallest absolute Gasteiger partial charge is 0.0276 e. The van der Waals surface area contributed by atoms with E-state index in [4.69, 9.17) is 0 Å². The molecular weight excluding hydrogens is 272 g/mol. The Morgan fingerprint density at radius 1 is 0.750 bits per heavy atom. The summed E-state index contributed by atoms with van der Waals surface area (Å²) in [6, 6.07) is 9.17. The highest BCUT2D eigenvalue weighted by molar-refractivity contribution is 8.08. The van der Waals surface area contributed by atoms with Crippen LogP contribution in [0.1, 0.15) is 0 Å². The van der Waals surface area contributed by atoms with Crippen LogP contribution in [-0.4, -0.2) is 33.5 Å². The first-order valence-corrected chi connectivity index (χ1v) is 9.56. The summed E-state index contributed by atoms with van der Waals surface area (Å²) in [6.07, 6.45) is 0. The molecule has 0 aromatic heterocycles. The predicted molar refractivity (Wildman–Crippen MR) is 80.4 cm³/mol. The molecule has 86 valence electrons. The molecule has 4 heteroatoms. The van der Waals surface area contributed by atoms with E-state index < -0.39 is 0 Å². The number of rotatable bonds is 4. The monoisotopic (exact) mass is 286 g/mol. The summed E-state index contributed by atoms with van der Waals surface area (Å²) >= 11 is 8.21. The first kappa shape index (κ1) is 11.7.